The second-order valence-corrected chi connectivity index (χ2v) is 5.14. The molecule has 0 fully saturated rings. The molecule has 0 aliphatic carbocycles. The molecule has 1 rings (SSSR count). The highest BCUT2D eigenvalue weighted by molar-refractivity contribution is 7.12. The fourth-order valence-electron chi connectivity index (χ4n) is 1.34. The summed E-state index contributed by atoms with van der Waals surface area (Å²) in [6.07, 6.45) is 4.65. The van der Waals surface area contributed by atoms with Gasteiger partial charge >= 0.3 is 12.0 Å². The van der Waals surface area contributed by atoms with Gasteiger partial charge in [0, 0.05) is 22.4 Å². The van der Waals surface area contributed by atoms with Crippen LogP contribution >= 0.6 is 11.3 Å². The fraction of sp³-hybridized carbons (Fsp3) is 0.385. The summed E-state index contributed by atoms with van der Waals surface area (Å²) in [6, 6.07) is 3.53. The number of hydrogen-bond acceptors (Lipinski definition) is 3. The molecule has 1 aromatic heterocycles. The van der Waals surface area contributed by atoms with Crippen molar-refractivity contribution in [2.75, 3.05) is 6.54 Å². The molecule has 0 aliphatic heterocycles. The highest BCUT2D eigenvalue weighted by Crippen LogP contribution is 2.17. The number of carbonyl (C=O) groups excluding carboxylic acids is 1. The molecule has 1 heterocycles. The van der Waals surface area contributed by atoms with Gasteiger partial charge in [0.15, 0.2) is 0 Å². The quantitative estimate of drug-likeness (QED) is 0.531. The topological polar surface area (TPSA) is 78.4 Å². The Kier molecular flexibility index (Phi) is 6.67. The van der Waals surface area contributed by atoms with Crippen LogP contribution < -0.4 is 10.6 Å². The molecule has 5 nitrogen and oxygen atoms in total. The van der Waals surface area contributed by atoms with Gasteiger partial charge < -0.3 is 15.7 Å². The average Bonchev–Trinajstić information content (AvgIpc) is 2.82. The number of amides is 2. The minimum absolute atomic E-state index is 0.176. The van der Waals surface area contributed by atoms with Gasteiger partial charge in [-0.05, 0) is 24.6 Å². The molecule has 0 atom stereocenters. The van der Waals surface area contributed by atoms with E-state index in [1.165, 1.54) is 17.4 Å². The normalized spacial score (nSPS) is 10.6. The molecule has 0 spiro atoms. The molecule has 1 aromatic rings. The molecule has 19 heavy (non-hydrogen) atoms. The molecule has 0 aromatic carbocycles. The molecule has 0 saturated carbocycles. The molecule has 104 valence electrons. The Labute approximate surface area is 116 Å². The van der Waals surface area contributed by atoms with Crippen molar-refractivity contribution in [2.24, 2.45) is 0 Å². The number of unbranched alkanes of at least 4 members (excludes halogenated alkanes) is 1. The van der Waals surface area contributed by atoms with E-state index in [1.54, 1.807) is 0 Å². The third-order valence-electron chi connectivity index (χ3n) is 2.31. The van der Waals surface area contributed by atoms with Crippen LogP contribution in [0.2, 0.25) is 0 Å². The number of thiophene rings is 1. The van der Waals surface area contributed by atoms with Crippen molar-refractivity contribution in [3.05, 3.63) is 28.0 Å². The number of urea groups is 1. The number of aliphatic carboxylic acids is 1. The van der Waals surface area contributed by atoms with Crippen LogP contribution in [0.4, 0.5) is 4.79 Å². The van der Waals surface area contributed by atoms with Crippen LogP contribution in [0.1, 0.15) is 29.5 Å². The third-order valence-corrected chi connectivity index (χ3v) is 3.36. The number of carboxylic acid groups (broad SMARTS) is 1. The summed E-state index contributed by atoms with van der Waals surface area (Å²) in [6.45, 7) is 3.19. The molecule has 6 heteroatoms. The summed E-state index contributed by atoms with van der Waals surface area (Å²) in [5, 5.41) is 14.0. The van der Waals surface area contributed by atoms with E-state index in [1.807, 2.05) is 12.1 Å². The standard InChI is InChI=1S/C13H18N2O3S/c1-2-3-8-14-13(18)15-9-11-5-4-10(19-11)6-7-12(16)17/h4-7H,2-3,8-9H2,1H3,(H,16,17)(H2,14,15,18). The highest BCUT2D eigenvalue weighted by Gasteiger charge is 2.02. The highest BCUT2D eigenvalue weighted by atomic mass is 32.1. The minimum Gasteiger partial charge on any atom is -0.478 e. The van der Waals surface area contributed by atoms with Crippen LogP contribution in [-0.2, 0) is 11.3 Å². The number of rotatable bonds is 7. The summed E-state index contributed by atoms with van der Waals surface area (Å²) in [5.41, 5.74) is 0. The first-order valence-corrected chi connectivity index (χ1v) is 6.95. The van der Waals surface area contributed by atoms with Gasteiger partial charge in [-0.15, -0.1) is 11.3 Å². The van der Waals surface area contributed by atoms with E-state index in [4.69, 9.17) is 5.11 Å². The van der Waals surface area contributed by atoms with E-state index in [0.717, 1.165) is 28.7 Å². The first kappa shape index (κ1) is 15.2. The lowest BCUT2D eigenvalue weighted by Gasteiger charge is -2.05. The maximum absolute atomic E-state index is 11.4. The Balaban J connectivity index is 2.33. The van der Waals surface area contributed by atoms with Crippen molar-refractivity contribution < 1.29 is 14.7 Å². The van der Waals surface area contributed by atoms with E-state index in [2.05, 4.69) is 17.6 Å². The van der Waals surface area contributed by atoms with E-state index in [9.17, 15) is 9.59 Å². The summed E-state index contributed by atoms with van der Waals surface area (Å²) in [4.78, 5) is 23.6. The van der Waals surface area contributed by atoms with Crippen molar-refractivity contribution >= 4 is 29.4 Å². The zero-order chi connectivity index (χ0) is 14.1. The van der Waals surface area contributed by atoms with E-state index < -0.39 is 5.97 Å². The first-order valence-electron chi connectivity index (χ1n) is 6.13. The van der Waals surface area contributed by atoms with Crippen molar-refractivity contribution in [1.29, 1.82) is 0 Å². The minimum atomic E-state index is -0.969. The number of nitrogens with one attached hydrogen (secondary N) is 2. The largest absolute Gasteiger partial charge is 0.478 e. The zero-order valence-electron chi connectivity index (χ0n) is 10.8. The Morgan fingerprint density at radius 2 is 2.16 bits per heavy atom. The van der Waals surface area contributed by atoms with Crippen LogP contribution in [0.5, 0.6) is 0 Å². The van der Waals surface area contributed by atoms with Crippen molar-refractivity contribution in [1.82, 2.24) is 10.6 Å². The van der Waals surface area contributed by atoms with Gasteiger partial charge in [0.25, 0.3) is 0 Å². The Hall–Kier alpha value is -1.82. The van der Waals surface area contributed by atoms with Gasteiger partial charge in [-0.1, -0.05) is 13.3 Å². The van der Waals surface area contributed by atoms with Gasteiger partial charge in [0.2, 0.25) is 0 Å². The molecular weight excluding hydrogens is 264 g/mol. The molecular formula is C13H18N2O3S. The molecule has 0 radical (unpaired) electrons. The molecule has 0 saturated heterocycles. The van der Waals surface area contributed by atoms with E-state index in [-0.39, 0.29) is 6.03 Å². The van der Waals surface area contributed by atoms with Crippen LogP contribution in [0.25, 0.3) is 6.08 Å². The average molecular weight is 282 g/mol. The molecule has 3 N–H and O–H groups in total. The maximum Gasteiger partial charge on any atom is 0.328 e. The summed E-state index contributed by atoms with van der Waals surface area (Å²) in [7, 11) is 0. The fourth-order valence-corrected chi connectivity index (χ4v) is 2.20. The summed E-state index contributed by atoms with van der Waals surface area (Å²) in [5.74, 6) is -0.969. The Morgan fingerprint density at radius 3 is 2.84 bits per heavy atom. The van der Waals surface area contributed by atoms with E-state index >= 15 is 0 Å². The van der Waals surface area contributed by atoms with Gasteiger partial charge in [0.05, 0.1) is 6.54 Å². The number of carbonyl (C=O) groups is 2. The lowest BCUT2D eigenvalue weighted by atomic mass is 10.3. The second-order valence-electron chi connectivity index (χ2n) is 3.94. The van der Waals surface area contributed by atoms with Gasteiger partial charge in [-0.2, -0.15) is 0 Å². The predicted molar refractivity (Wildman–Crippen MR) is 76.1 cm³/mol. The third kappa shape index (κ3) is 6.61. The second kappa shape index (κ2) is 8.31. The SMILES string of the molecule is CCCCNC(=O)NCc1ccc(C=CC(=O)O)s1. The smallest absolute Gasteiger partial charge is 0.328 e. The van der Waals surface area contributed by atoms with Crippen molar-refractivity contribution in [3.8, 4) is 0 Å². The monoisotopic (exact) mass is 282 g/mol. The Bertz CT molecular complexity index is 454. The zero-order valence-corrected chi connectivity index (χ0v) is 11.6. The molecule has 0 unspecified atom stereocenters. The van der Waals surface area contributed by atoms with Crippen LogP contribution in [0.15, 0.2) is 18.2 Å². The molecule has 0 bridgehead atoms. The summed E-state index contributed by atoms with van der Waals surface area (Å²) >= 11 is 1.45. The lowest BCUT2D eigenvalue weighted by Crippen LogP contribution is -2.35. The lowest BCUT2D eigenvalue weighted by molar-refractivity contribution is -0.131. The van der Waals surface area contributed by atoms with Gasteiger partial charge in [-0.25, -0.2) is 9.59 Å². The van der Waals surface area contributed by atoms with Crippen molar-refractivity contribution in [3.63, 3.8) is 0 Å². The van der Waals surface area contributed by atoms with Crippen LogP contribution in [0.3, 0.4) is 0 Å². The molecule has 2 amide bonds. The molecule has 0 aliphatic rings. The van der Waals surface area contributed by atoms with E-state index in [0.29, 0.717) is 13.1 Å². The van der Waals surface area contributed by atoms with Gasteiger partial charge in [-0.3, -0.25) is 0 Å². The first-order chi connectivity index (χ1) is 9.11. The van der Waals surface area contributed by atoms with Crippen LogP contribution in [-0.4, -0.2) is 23.7 Å². The maximum atomic E-state index is 11.4. The van der Waals surface area contributed by atoms with Gasteiger partial charge in [0.1, 0.15) is 0 Å². The number of carboxylic acids is 1. The predicted octanol–water partition coefficient (Wildman–Crippen LogP) is 2.45. The summed E-state index contributed by atoms with van der Waals surface area (Å²) < 4.78 is 0. The van der Waals surface area contributed by atoms with Crippen molar-refractivity contribution in [2.45, 2.75) is 26.3 Å². The number of hydrogen-bond donors (Lipinski definition) is 3. The van der Waals surface area contributed by atoms with Crippen LogP contribution in [0, 0.1) is 0 Å². The Morgan fingerprint density at radius 1 is 1.37 bits per heavy atom.